The van der Waals surface area contributed by atoms with Gasteiger partial charge in [-0.1, -0.05) is 6.07 Å². The van der Waals surface area contributed by atoms with Crippen molar-refractivity contribution in [1.29, 1.82) is 0 Å². The van der Waals surface area contributed by atoms with E-state index in [0.717, 1.165) is 22.1 Å². The Balaban J connectivity index is 1.57. The Labute approximate surface area is 145 Å². The van der Waals surface area contributed by atoms with E-state index in [1.807, 2.05) is 66.7 Å². The van der Waals surface area contributed by atoms with Crippen molar-refractivity contribution >= 4 is 17.7 Å². The van der Waals surface area contributed by atoms with Crippen molar-refractivity contribution in [2.45, 2.75) is 4.90 Å². The van der Waals surface area contributed by atoms with Gasteiger partial charge in [0.2, 0.25) is 0 Å². The fraction of sp³-hybridized carbons (Fsp3) is 0.0526. The number of rotatable bonds is 6. The van der Waals surface area contributed by atoms with Gasteiger partial charge in [-0.2, -0.15) is 0 Å². The highest BCUT2D eigenvalue weighted by Crippen LogP contribution is 2.28. The Hall–Kier alpha value is -2.79. The molecule has 0 aliphatic carbocycles. The lowest BCUT2D eigenvalue weighted by Crippen LogP contribution is -1.88. The van der Waals surface area contributed by atoms with Crippen LogP contribution in [-0.4, -0.2) is 7.11 Å². The van der Waals surface area contributed by atoms with E-state index in [1.54, 1.807) is 13.2 Å². The number of hydrogen-bond acceptors (Lipinski definition) is 5. The van der Waals surface area contributed by atoms with E-state index in [9.17, 15) is 0 Å². The van der Waals surface area contributed by atoms with Gasteiger partial charge in [0.15, 0.2) is 0 Å². The van der Waals surface area contributed by atoms with E-state index in [4.69, 9.17) is 19.4 Å². The maximum Gasteiger partial charge on any atom is 0.138 e. The maximum absolute atomic E-state index is 5.76. The van der Waals surface area contributed by atoms with E-state index in [-0.39, 0.29) is 0 Å². The molecule has 0 spiro atoms. The molecule has 0 aliphatic heterocycles. The highest BCUT2D eigenvalue weighted by Gasteiger charge is 2.01. The first-order chi connectivity index (χ1) is 11.7. The topological polar surface area (TPSA) is 53.7 Å². The predicted octanol–water partition coefficient (Wildman–Crippen LogP) is 5.16. The van der Waals surface area contributed by atoms with Crippen LogP contribution in [0.2, 0.25) is 0 Å². The second-order valence-corrected chi connectivity index (χ2v) is 5.79. The minimum absolute atomic E-state index is 0.674. The zero-order valence-electron chi connectivity index (χ0n) is 13.1. The minimum atomic E-state index is 0.674. The van der Waals surface area contributed by atoms with Crippen LogP contribution in [0.5, 0.6) is 23.0 Å². The molecule has 3 aromatic rings. The van der Waals surface area contributed by atoms with Gasteiger partial charge in [0.1, 0.15) is 23.0 Å². The monoisotopic (exact) mass is 339 g/mol. The molecule has 5 heteroatoms. The summed E-state index contributed by atoms with van der Waals surface area (Å²) >= 11 is 1.29. The highest BCUT2D eigenvalue weighted by atomic mass is 32.2. The number of ether oxygens (including phenoxy) is 2. The van der Waals surface area contributed by atoms with Crippen molar-refractivity contribution in [3.63, 3.8) is 0 Å². The van der Waals surface area contributed by atoms with Gasteiger partial charge in [-0.15, -0.1) is 0 Å². The number of nitrogen functional groups attached to an aromatic ring is 1. The summed E-state index contributed by atoms with van der Waals surface area (Å²) in [7, 11) is 1.64. The van der Waals surface area contributed by atoms with Gasteiger partial charge in [-0.25, -0.2) is 0 Å². The molecule has 0 saturated heterocycles. The van der Waals surface area contributed by atoms with Crippen molar-refractivity contribution in [3.05, 3.63) is 72.8 Å². The Kier molecular flexibility index (Phi) is 5.13. The number of hydrogen-bond donors (Lipinski definition) is 1. The van der Waals surface area contributed by atoms with Crippen molar-refractivity contribution in [1.82, 2.24) is 0 Å². The van der Waals surface area contributed by atoms with Crippen molar-refractivity contribution in [2.75, 3.05) is 12.8 Å². The van der Waals surface area contributed by atoms with Crippen LogP contribution in [0.15, 0.2) is 77.7 Å². The highest BCUT2D eigenvalue weighted by molar-refractivity contribution is 7.95. The normalized spacial score (nSPS) is 10.2. The summed E-state index contributed by atoms with van der Waals surface area (Å²) in [6, 6.07) is 22.4. The molecule has 0 atom stereocenters. The average molecular weight is 339 g/mol. The van der Waals surface area contributed by atoms with Gasteiger partial charge < -0.3 is 19.4 Å². The fourth-order valence-electron chi connectivity index (χ4n) is 2.00. The average Bonchev–Trinajstić information content (AvgIpc) is 2.62. The summed E-state index contributed by atoms with van der Waals surface area (Å²) in [4.78, 5) is 0.978. The smallest absolute Gasteiger partial charge is 0.138 e. The minimum Gasteiger partial charge on any atom is -0.497 e. The van der Waals surface area contributed by atoms with Crippen LogP contribution < -0.4 is 19.4 Å². The van der Waals surface area contributed by atoms with Crippen LogP contribution in [0.25, 0.3) is 0 Å². The van der Waals surface area contributed by atoms with Crippen LogP contribution in [-0.2, 0) is 0 Å². The molecule has 0 heterocycles. The molecule has 3 rings (SSSR count). The standard InChI is InChI=1S/C19H17NO3S/c1-21-15-5-7-17(8-6-15)23-24-19-11-9-16(10-12-19)22-18-4-2-3-14(20)13-18/h2-13H,20H2,1H3. The SMILES string of the molecule is COc1ccc(OSc2ccc(Oc3cccc(N)c3)cc2)cc1. The van der Waals surface area contributed by atoms with Crippen LogP contribution in [0.1, 0.15) is 0 Å². The zero-order chi connectivity index (χ0) is 16.8. The summed E-state index contributed by atoms with van der Waals surface area (Å²) in [5, 5.41) is 0. The Morgan fingerprint density at radius 3 is 2.08 bits per heavy atom. The van der Waals surface area contributed by atoms with Gasteiger partial charge in [0.05, 0.1) is 19.2 Å². The predicted molar refractivity (Wildman–Crippen MR) is 96.8 cm³/mol. The van der Waals surface area contributed by atoms with Crippen molar-refractivity contribution < 1.29 is 13.7 Å². The molecule has 2 N–H and O–H groups in total. The number of benzene rings is 3. The first-order valence-corrected chi connectivity index (χ1v) is 8.09. The number of nitrogens with two attached hydrogens (primary N) is 1. The van der Waals surface area contributed by atoms with E-state index >= 15 is 0 Å². The van der Waals surface area contributed by atoms with E-state index in [0.29, 0.717) is 11.4 Å². The first-order valence-electron chi connectivity index (χ1n) is 7.35. The molecule has 3 aromatic carbocycles. The largest absolute Gasteiger partial charge is 0.497 e. The van der Waals surface area contributed by atoms with E-state index in [2.05, 4.69) is 0 Å². The summed E-state index contributed by atoms with van der Waals surface area (Å²) < 4.78 is 16.5. The molecule has 24 heavy (non-hydrogen) atoms. The van der Waals surface area contributed by atoms with Crippen molar-refractivity contribution in [3.8, 4) is 23.0 Å². The van der Waals surface area contributed by atoms with E-state index < -0.39 is 0 Å². The van der Waals surface area contributed by atoms with Crippen molar-refractivity contribution in [2.24, 2.45) is 0 Å². The van der Waals surface area contributed by atoms with Crippen LogP contribution in [0.4, 0.5) is 5.69 Å². The lowest BCUT2D eigenvalue weighted by atomic mass is 10.3. The molecule has 0 radical (unpaired) electrons. The van der Waals surface area contributed by atoms with Gasteiger partial charge in [-0.05, 0) is 60.7 Å². The molecular formula is C19H17NO3S. The molecule has 4 nitrogen and oxygen atoms in total. The maximum atomic E-state index is 5.76. The van der Waals surface area contributed by atoms with Gasteiger partial charge in [0.25, 0.3) is 0 Å². The lowest BCUT2D eigenvalue weighted by molar-refractivity contribution is 0.414. The van der Waals surface area contributed by atoms with E-state index in [1.165, 1.54) is 12.0 Å². The third-order valence-electron chi connectivity index (χ3n) is 3.21. The number of anilines is 1. The Morgan fingerprint density at radius 2 is 1.42 bits per heavy atom. The molecular weight excluding hydrogens is 322 g/mol. The quantitative estimate of drug-likeness (QED) is 0.497. The summed E-state index contributed by atoms with van der Waals surface area (Å²) in [6.07, 6.45) is 0. The zero-order valence-corrected chi connectivity index (χ0v) is 14.0. The number of methoxy groups -OCH3 is 1. The fourth-order valence-corrected chi connectivity index (χ4v) is 2.56. The van der Waals surface area contributed by atoms with Crippen LogP contribution >= 0.6 is 12.0 Å². The Bertz CT molecular complexity index is 788. The molecule has 0 unspecified atom stereocenters. The van der Waals surface area contributed by atoms with Crippen LogP contribution in [0.3, 0.4) is 0 Å². The van der Waals surface area contributed by atoms with Gasteiger partial charge in [0, 0.05) is 16.6 Å². The summed E-state index contributed by atoms with van der Waals surface area (Å²) in [5.74, 6) is 3.02. The molecule has 0 aliphatic rings. The third-order valence-corrected chi connectivity index (χ3v) is 3.95. The second-order valence-electron chi connectivity index (χ2n) is 4.99. The lowest BCUT2D eigenvalue weighted by Gasteiger charge is -2.08. The van der Waals surface area contributed by atoms with Gasteiger partial charge >= 0.3 is 0 Å². The Morgan fingerprint density at radius 1 is 0.750 bits per heavy atom. The second kappa shape index (κ2) is 7.66. The molecule has 0 aromatic heterocycles. The third kappa shape index (κ3) is 4.36. The van der Waals surface area contributed by atoms with Crippen LogP contribution in [0, 0.1) is 0 Å². The van der Waals surface area contributed by atoms with Gasteiger partial charge in [-0.3, -0.25) is 0 Å². The summed E-state index contributed by atoms with van der Waals surface area (Å²) in [5.41, 5.74) is 6.42. The molecule has 122 valence electrons. The molecule has 0 saturated carbocycles. The molecule has 0 fully saturated rings. The molecule has 0 bridgehead atoms. The first kappa shape index (κ1) is 16.1. The summed E-state index contributed by atoms with van der Waals surface area (Å²) in [6.45, 7) is 0. The molecule has 0 amide bonds.